The van der Waals surface area contributed by atoms with E-state index in [0.717, 1.165) is 31.6 Å². The van der Waals surface area contributed by atoms with E-state index in [0.29, 0.717) is 41.6 Å². The minimum atomic E-state index is -2.52. The normalized spacial score (nSPS) is 16.8. The second kappa shape index (κ2) is 13.2. The summed E-state index contributed by atoms with van der Waals surface area (Å²) in [4.78, 5) is 27.7. The highest BCUT2D eigenvalue weighted by molar-refractivity contribution is 7.79. The molecule has 2 aliphatic rings. The third-order valence-electron chi connectivity index (χ3n) is 8.75. The molecule has 1 aliphatic heterocycles. The number of benzene rings is 2. The Morgan fingerprint density at radius 1 is 1.07 bits per heavy atom. The second-order valence-electron chi connectivity index (χ2n) is 11.6. The zero-order chi connectivity index (χ0) is 31.7. The molecule has 2 aromatic heterocycles. The van der Waals surface area contributed by atoms with E-state index in [1.807, 2.05) is 13.8 Å². The Morgan fingerprint density at radius 2 is 1.84 bits per heavy atom. The molecule has 10 nitrogen and oxygen atoms in total. The largest absolute Gasteiger partial charge is 0.490 e. The number of rotatable bonds is 10. The van der Waals surface area contributed by atoms with Crippen molar-refractivity contribution in [3.63, 3.8) is 0 Å². The van der Waals surface area contributed by atoms with E-state index in [4.69, 9.17) is 4.74 Å². The lowest BCUT2D eigenvalue weighted by molar-refractivity contribution is 0.0491. The zero-order valence-electron chi connectivity index (χ0n) is 25.3. The molecule has 1 saturated carbocycles. The molecular weight excluding hydrogens is 597 g/mol. The number of pyridine rings is 1. The first-order valence-electron chi connectivity index (χ1n) is 15.4. The van der Waals surface area contributed by atoms with Gasteiger partial charge in [0.1, 0.15) is 28.4 Å². The van der Waals surface area contributed by atoms with Crippen molar-refractivity contribution < 1.29 is 27.8 Å². The second-order valence-corrected chi connectivity index (χ2v) is 12.5. The summed E-state index contributed by atoms with van der Waals surface area (Å²) >= 11 is -2.52. The topological polar surface area (TPSA) is 138 Å². The van der Waals surface area contributed by atoms with Crippen LogP contribution < -0.4 is 10.1 Å². The van der Waals surface area contributed by atoms with Gasteiger partial charge in [0, 0.05) is 55.3 Å². The number of carboxylic acid groups (broad SMARTS) is 1. The number of halogens is 1. The number of fused-ring (bicyclic) bond motifs is 1. The Balaban J connectivity index is 1.35. The van der Waals surface area contributed by atoms with Gasteiger partial charge in [-0.3, -0.25) is 4.98 Å². The summed E-state index contributed by atoms with van der Waals surface area (Å²) in [6.07, 6.45) is 9.55. The van der Waals surface area contributed by atoms with Crippen molar-refractivity contribution in [1.82, 2.24) is 19.9 Å². The highest BCUT2D eigenvalue weighted by Crippen LogP contribution is 2.37. The van der Waals surface area contributed by atoms with Crippen molar-refractivity contribution in [2.24, 2.45) is 0 Å². The predicted molar refractivity (Wildman–Crippen MR) is 170 cm³/mol. The van der Waals surface area contributed by atoms with Gasteiger partial charge in [0.2, 0.25) is 0 Å². The SMILES string of the molecule is CCc1ncc(-c2cc(F)c3c(Nc4cc(OC5CCN(C6CCC6)CC5)cc(C(=O)O)c4)c(S(=O)O)cnc3c2)c(CC)n1. The fraction of sp³-hybridized carbons (Fsp3) is 0.394. The molecule has 1 unspecified atom stereocenters. The summed E-state index contributed by atoms with van der Waals surface area (Å²) in [5, 5.41) is 12.9. The Bertz CT molecular complexity index is 1770. The molecule has 3 N–H and O–H groups in total. The maximum Gasteiger partial charge on any atom is 0.335 e. The van der Waals surface area contributed by atoms with E-state index in [-0.39, 0.29) is 38.8 Å². The summed E-state index contributed by atoms with van der Waals surface area (Å²) in [6, 6.07) is 8.17. The number of likely N-dealkylation sites (tertiary alicyclic amines) is 1. The van der Waals surface area contributed by atoms with Gasteiger partial charge in [-0.05, 0) is 61.9 Å². The van der Waals surface area contributed by atoms with E-state index < -0.39 is 22.9 Å². The lowest BCUT2D eigenvalue weighted by atomic mass is 9.90. The van der Waals surface area contributed by atoms with Gasteiger partial charge in [-0.1, -0.05) is 20.3 Å². The van der Waals surface area contributed by atoms with E-state index in [9.17, 15) is 18.7 Å². The number of aryl methyl sites for hydroxylation is 2. The molecule has 2 aromatic carbocycles. The number of piperidine rings is 1. The predicted octanol–water partition coefficient (Wildman–Crippen LogP) is 6.37. The summed E-state index contributed by atoms with van der Waals surface area (Å²) in [6.45, 7) is 5.80. The molecule has 1 saturated heterocycles. The van der Waals surface area contributed by atoms with E-state index in [1.54, 1.807) is 18.3 Å². The third kappa shape index (κ3) is 6.54. The summed E-state index contributed by atoms with van der Waals surface area (Å²) in [5.41, 5.74) is 2.49. The van der Waals surface area contributed by atoms with Crippen LogP contribution in [0.1, 0.15) is 67.8 Å². The zero-order valence-corrected chi connectivity index (χ0v) is 26.1. The average molecular weight is 634 g/mol. The first-order chi connectivity index (χ1) is 21.7. The molecule has 0 bridgehead atoms. The van der Waals surface area contributed by atoms with Gasteiger partial charge in [0.15, 0.2) is 11.1 Å². The van der Waals surface area contributed by atoms with Crippen LogP contribution in [0.3, 0.4) is 0 Å². The molecule has 0 spiro atoms. The Kier molecular flexibility index (Phi) is 9.06. The van der Waals surface area contributed by atoms with Crippen molar-refractivity contribution in [3.05, 3.63) is 65.6 Å². The van der Waals surface area contributed by atoms with Crippen LogP contribution in [0.25, 0.3) is 22.0 Å². The molecule has 0 radical (unpaired) electrons. The molecule has 45 heavy (non-hydrogen) atoms. The number of ether oxygens (including phenoxy) is 1. The summed E-state index contributed by atoms with van der Waals surface area (Å²) in [7, 11) is 0. The molecule has 2 fully saturated rings. The minimum absolute atomic E-state index is 0.00522. The summed E-state index contributed by atoms with van der Waals surface area (Å²) < 4.78 is 44.8. The fourth-order valence-electron chi connectivity index (χ4n) is 6.12. The van der Waals surface area contributed by atoms with Gasteiger partial charge in [0.25, 0.3) is 0 Å². The lowest BCUT2D eigenvalue weighted by Crippen LogP contribution is -2.46. The van der Waals surface area contributed by atoms with Crippen LogP contribution in [-0.2, 0) is 23.9 Å². The van der Waals surface area contributed by atoms with Crippen LogP contribution in [0, 0.1) is 5.82 Å². The maximum atomic E-state index is 16.0. The highest BCUT2D eigenvalue weighted by atomic mass is 32.2. The van der Waals surface area contributed by atoms with Gasteiger partial charge in [-0.15, -0.1) is 0 Å². The fourth-order valence-corrected chi connectivity index (χ4v) is 6.59. The standard InChI is InChI=1S/C33H36FN5O5S/c1-3-27-25(17-36-30(4-2)38-27)19-14-26(34)31-28(15-19)35-18-29(45(42)43)32(31)37-21-12-20(33(40)41)13-24(16-21)44-23-8-10-39(11-9-23)22-6-5-7-22/h12-18,22-23H,3-11H2,1-2H3,(H,35,37)(H,40,41)(H,42,43). The lowest BCUT2D eigenvalue weighted by Gasteiger charge is -2.41. The number of hydrogen-bond acceptors (Lipinski definition) is 8. The van der Waals surface area contributed by atoms with Crippen LogP contribution in [0.2, 0.25) is 0 Å². The molecule has 1 aliphatic carbocycles. The van der Waals surface area contributed by atoms with Gasteiger partial charge in [-0.2, -0.15) is 0 Å². The van der Waals surface area contributed by atoms with Gasteiger partial charge in [0.05, 0.1) is 27.8 Å². The number of carbonyl (C=O) groups is 1. The molecule has 1 atom stereocenters. The van der Waals surface area contributed by atoms with Crippen molar-refractivity contribution in [3.8, 4) is 16.9 Å². The van der Waals surface area contributed by atoms with Crippen LogP contribution >= 0.6 is 0 Å². The minimum Gasteiger partial charge on any atom is -0.490 e. The third-order valence-corrected chi connectivity index (χ3v) is 9.43. The van der Waals surface area contributed by atoms with Gasteiger partial charge in [-0.25, -0.2) is 23.4 Å². The smallest absolute Gasteiger partial charge is 0.335 e. The molecule has 236 valence electrons. The first kappa shape index (κ1) is 31.0. The number of aromatic carboxylic acids is 1. The number of hydrogen-bond donors (Lipinski definition) is 3. The molecular formula is C33H36FN5O5S. The summed E-state index contributed by atoms with van der Waals surface area (Å²) in [5.74, 6) is -0.777. The van der Waals surface area contributed by atoms with Crippen molar-refractivity contribution >= 4 is 39.3 Å². The van der Waals surface area contributed by atoms with Crippen LogP contribution in [0.4, 0.5) is 15.8 Å². The monoisotopic (exact) mass is 633 g/mol. The molecule has 6 rings (SSSR count). The number of nitrogens with zero attached hydrogens (tertiary/aromatic N) is 4. The number of aromatic nitrogens is 3. The Hall–Kier alpha value is -4.00. The molecule has 3 heterocycles. The average Bonchev–Trinajstić information content (AvgIpc) is 3.00. The maximum absolute atomic E-state index is 16.0. The van der Waals surface area contributed by atoms with Gasteiger partial charge >= 0.3 is 5.97 Å². The van der Waals surface area contributed by atoms with Crippen molar-refractivity contribution in [2.45, 2.75) is 75.8 Å². The van der Waals surface area contributed by atoms with Crippen LogP contribution in [0.15, 0.2) is 47.6 Å². The van der Waals surface area contributed by atoms with E-state index in [1.165, 1.54) is 43.7 Å². The molecule has 4 aromatic rings. The molecule has 0 amide bonds. The van der Waals surface area contributed by atoms with Crippen LogP contribution in [-0.4, -0.2) is 64.9 Å². The highest BCUT2D eigenvalue weighted by Gasteiger charge is 2.29. The van der Waals surface area contributed by atoms with Gasteiger partial charge < -0.3 is 24.6 Å². The quantitative estimate of drug-likeness (QED) is 0.169. The molecule has 12 heteroatoms. The van der Waals surface area contributed by atoms with Crippen molar-refractivity contribution in [2.75, 3.05) is 18.4 Å². The van der Waals surface area contributed by atoms with E-state index >= 15 is 4.39 Å². The van der Waals surface area contributed by atoms with Crippen LogP contribution in [0.5, 0.6) is 5.75 Å². The number of carboxylic acids is 1. The van der Waals surface area contributed by atoms with Crippen molar-refractivity contribution in [1.29, 1.82) is 0 Å². The Morgan fingerprint density at radius 3 is 2.49 bits per heavy atom. The number of anilines is 2. The first-order valence-corrected chi connectivity index (χ1v) is 16.5. The Labute approximate surface area is 263 Å². The van der Waals surface area contributed by atoms with E-state index in [2.05, 4.69) is 25.2 Å². The number of nitrogens with one attached hydrogen (secondary N) is 1.